The molecule has 0 radical (unpaired) electrons. The summed E-state index contributed by atoms with van der Waals surface area (Å²) in [6.45, 7) is 4.28. The van der Waals surface area contributed by atoms with E-state index in [4.69, 9.17) is 11.5 Å². The van der Waals surface area contributed by atoms with E-state index < -0.39 is 16.8 Å². The van der Waals surface area contributed by atoms with Crippen LogP contribution in [0.2, 0.25) is 0 Å². The molecule has 0 spiro atoms. The van der Waals surface area contributed by atoms with Crippen molar-refractivity contribution in [3.63, 3.8) is 0 Å². The average Bonchev–Trinajstić information content (AvgIpc) is 2.57. The van der Waals surface area contributed by atoms with Crippen LogP contribution in [0.4, 0.5) is 0 Å². The van der Waals surface area contributed by atoms with E-state index in [9.17, 15) is 9.00 Å². The highest BCUT2D eigenvalue weighted by molar-refractivity contribution is 7.85. The van der Waals surface area contributed by atoms with Gasteiger partial charge in [0.05, 0.1) is 22.1 Å². The van der Waals surface area contributed by atoms with E-state index in [1.807, 2.05) is 18.2 Å². The number of aromatic carboxylic acids is 1. The van der Waals surface area contributed by atoms with Gasteiger partial charge in [-0.2, -0.15) is 0 Å². The number of benzene rings is 1. The Hall–Kier alpha value is -2.45. The van der Waals surface area contributed by atoms with E-state index >= 15 is 0 Å². The summed E-state index contributed by atoms with van der Waals surface area (Å²) in [5.74, 6) is 1.91. The molecule has 1 aromatic heterocycles. The molecule has 122 valence electrons. The number of hydrogen-bond acceptors (Lipinski definition) is 3. The molecule has 5 heteroatoms. The summed E-state index contributed by atoms with van der Waals surface area (Å²) in [6.07, 6.45) is 6.25. The molecule has 0 bridgehead atoms. The molecule has 0 saturated heterocycles. The monoisotopic (exact) mass is 339 g/mol. The van der Waals surface area contributed by atoms with Gasteiger partial charge in [-0.25, -0.2) is 9.78 Å². The fraction of sp³-hybridized carbons (Fsp3) is 0.263. The standard InChI is InChI=1S/C19H17NO3S/c1-4-15-13(18(21)22)6-7-16(20-15)12-5-8-17-14(11-12)19(2,3)9-10-24(17)23/h1,5-8,11H,9-10H2,2-3H3,(H,21,22). The van der Waals surface area contributed by atoms with Gasteiger partial charge in [0.1, 0.15) is 5.69 Å². The first-order valence-corrected chi connectivity index (χ1v) is 8.89. The molecule has 1 aliphatic rings. The molecule has 0 amide bonds. The van der Waals surface area contributed by atoms with Crippen LogP contribution in [0.15, 0.2) is 35.2 Å². The van der Waals surface area contributed by atoms with Crippen molar-refractivity contribution in [3.05, 3.63) is 47.2 Å². The minimum Gasteiger partial charge on any atom is -0.478 e. The van der Waals surface area contributed by atoms with Crippen molar-refractivity contribution in [1.82, 2.24) is 4.98 Å². The third-order valence-electron chi connectivity index (χ3n) is 4.42. The van der Waals surface area contributed by atoms with Crippen molar-refractivity contribution in [2.24, 2.45) is 0 Å². The first kappa shape index (κ1) is 16.4. The van der Waals surface area contributed by atoms with Gasteiger partial charge >= 0.3 is 5.97 Å². The Bertz CT molecular complexity index is 909. The molecule has 1 aliphatic heterocycles. The molecule has 1 aromatic carbocycles. The lowest BCUT2D eigenvalue weighted by molar-refractivity contribution is 0.0696. The molecule has 0 saturated carbocycles. The predicted octanol–water partition coefficient (Wildman–Crippen LogP) is 3.22. The van der Waals surface area contributed by atoms with E-state index in [1.165, 1.54) is 6.07 Å². The molecular weight excluding hydrogens is 322 g/mol. The van der Waals surface area contributed by atoms with Gasteiger partial charge in [-0.3, -0.25) is 4.21 Å². The summed E-state index contributed by atoms with van der Waals surface area (Å²) in [5.41, 5.74) is 2.57. The van der Waals surface area contributed by atoms with Crippen LogP contribution in [-0.4, -0.2) is 26.0 Å². The van der Waals surface area contributed by atoms with E-state index in [1.54, 1.807) is 6.07 Å². The summed E-state index contributed by atoms with van der Waals surface area (Å²) in [6, 6.07) is 8.86. The number of carboxylic acids is 1. The van der Waals surface area contributed by atoms with Crippen molar-refractivity contribution in [2.75, 3.05) is 5.75 Å². The molecule has 2 heterocycles. The summed E-state index contributed by atoms with van der Waals surface area (Å²) in [4.78, 5) is 16.3. The number of aromatic nitrogens is 1. The highest BCUT2D eigenvalue weighted by Crippen LogP contribution is 2.38. The molecule has 1 atom stereocenters. The second kappa shape index (κ2) is 5.88. The number of carboxylic acid groups (broad SMARTS) is 1. The molecular formula is C19H17NO3S. The topological polar surface area (TPSA) is 67.3 Å². The number of terminal acetylenes is 1. The lowest BCUT2D eigenvalue weighted by atomic mass is 9.81. The molecule has 4 nitrogen and oxygen atoms in total. The highest BCUT2D eigenvalue weighted by atomic mass is 32.2. The summed E-state index contributed by atoms with van der Waals surface area (Å²) in [7, 11) is -0.973. The molecule has 3 rings (SSSR count). The minimum absolute atomic E-state index is 0.0145. The van der Waals surface area contributed by atoms with Gasteiger partial charge in [-0.05, 0) is 47.6 Å². The normalized spacial score (nSPS) is 18.5. The van der Waals surface area contributed by atoms with E-state index in [-0.39, 0.29) is 16.7 Å². The smallest absolute Gasteiger partial charge is 0.338 e. The van der Waals surface area contributed by atoms with Crippen LogP contribution < -0.4 is 0 Å². The van der Waals surface area contributed by atoms with Crippen LogP contribution >= 0.6 is 0 Å². The van der Waals surface area contributed by atoms with Gasteiger partial charge in [0.2, 0.25) is 0 Å². The van der Waals surface area contributed by atoms with E-state index in [0.29, 0.717) is 11.4 Å². The van der Waals surface area contributed by atoms with Crippen LogP contribution in [0, 0.1) is 12.3 Å². The molecule has 24 heavy (non-hydrogen) atoms. The van der Waals surface area contributed by atoms with Gasteiger partial charge in [-0.1, -0.05) is 19.9 Å². The van der Waals surface area contributed by atoms with Crippen molar-refractivity contribution in [2.45, 2.75) is 30.6 Å². The van der Waals surface area contributed by atoms with Crippen LogP contribution in [0.1, 0.15) is 41.9 Å². The van der Waals surface area contributed by atoms with Crippen LogP contribution in [-0.2, 0) is 16.2 Å². The molecule has 1 N–H and O–H groups in total. The predicted molar refractivity (Wildman–Crippen MR) is 93.5 cm³/mol. The molecule has 0 fully saturated rings. The van der Waals surface area contributed by atoms with Crippen LogP contribution in [0.5, 0.6) is 0 Å². The van der Waals surface area contributed by atoms with Crippen molar-refractivity contribution < 1.29 is 14.1 Å². The third kappa shape index (κ3) is 2.74. The van der Waals surface area contributed by atoms with Crippen molar-refractivity contribution in [3.8, 4) is 23.6 Å². The zero-order valence-corrected chi connectivity index (χ0v) is 14.3. The van der Waals surface area contributed by atoms with Gasteiger partial charge in [0.15, 0.2) is 0 Å². The largest absolute Gasteiger partial charge is 0.478 e. The lowest BCUT2D eigenvalue weighted by Gasteiger charge is -2.32. The number of hydrogen-bond donors (Lipinski definition) is 1. The Morgan fingerprint density at radius 3 is 2.75 bits per heavy atom. The Kier molecular flexibility index (Phi) is 4.02. The maximum Gasteiger partial charge on any atom is 0.338 e. The molecule has 0 aliphatic carbocycles. The van der Waals surface area contributed by atoms with Gasteiger partial charge in [0.25, 0.3) is 0 Å². The first-order valence-electron chi connectivity index (χ1n) is 7.58. The fourth-order valence-corrected chi connectivity index (χ4v) is 4.63. The number of pyridine rings is 1. The maximum absolute atomic E-state index is 12.2. The van der Waals surface area contributed by atoms with Gasteiger partial charge in [-0.15, -0.1) is 6.42 Å². The van der Waals surface area contributed by atoms with Crippen LogP contribution in [0.25, 0.3) is 11.3 Å². The van der Waals surface area contributed by atoms with Crippen molar-refractivity contribution >= 4 is 16.8 Å². The molecule has 1 unspecified atom stereocenters. The number of rotatable bonds is 2. The number of nitrogens with zero attached hydrogens (tertiary/aromatic N) is 1. The van der Waals surface area contributed by atoms with Crippen molar-refractivity contribution in [1.29, 1.82) is 0 Å². The number of fused-ring (bicyclic) bond motifs is 1. The minimum atomic E-state index is -1.09. The molecule has 2 aromatic rings. The first-order chi connectivity index (χ1) is 11.3. The average molecular weight is 339 g/mol. The summed E-state index contributed by atoms with van der Waals surface area (Å²) in [5, 5.41) is 9.14. The highest BCUT2D eigenvalue weighted by Gasteiger charge is 2.31. The Morgan fingerprint density at radius 1 is 1.33 bits per heavy atom. The number of carbonyl (C=O) groups is 1. The Labute approximate surface area is 143 Å². The third-order valence-corrected chi connectivity index (χ3v) is 5.85. The van der Waals surface area contributed by atoms with E-state index in [0.717, 1.165) is 22.4 Å². The zero-order valence-electron chi connectivity index (χ0n) is 13.5. The summed E-state index contributed by atoms with van der Waals surface area (Å²) < 4.78 is 12.2. The second-order valence-electron chi connectivity index (χ2n) is 6.44. The van der Waals surface area contributed by atoms with Crippen LogP contribution in [0.3, 0.4) is 0 Å². The maximum atomic E-state index is 12.2. The lowest BCUT2D eigenvalue weighted by Crippen LogP contribution is -2.27. The Balaban J connectivity index is 2.14. The Morgan fingerprint density at radius 2 is 2.08 bits per heavy atom. The second-order valence-corrected chi connectivity index (χ2v) is 7.98. The summed E-state index contributed by atoms with van der Waals surface area (Å²) >= 11 is 0. The SMILES string of the molecule is C#Cc1nc(-c2ccc3c(c2)C(C)(C)CCS3=O)ccc1C(=O)O. The van der Waals surface area contributed by atoms with E-state index in [2.05, 4.69) is 24.8 Å². The fourth-order valence-electron chi connectivity index (χ4n) is 2.91. The quantitative estimate of drug-likeness (QED) is 0.853. The van der Waals surface area contributed by atoms with Gasteiger partial charge in [0, 0.05) is 16.2 Å². The zero-order chi connectivity index (χ0) is 17.5. The van der Waals surface area contributed by atoms with Gasteiger partial charge < -0.3 is 5.11 Å².